The third-order valence-corrected chi connectivity index (χ3v) is 4.78. The molecule has 6 heteroatoms. The highest BCUT2D eigenvalue weighted by molar-refractivity contribution is 6.30. The minimum Gasteiger partial charge on any atom is -0.356 e. The fraction of sp³-hybridized carbons (Fsp3) is 0.643. The molecule has 4 nitrogen and oxygen atoms in total. The van der Waals surface area contributed by atoms with E-state index in [2.05, 4.69) is 10.3 Å². The summed E-state index contributed by atoms with van der Waals surface area (Å²) in [5.74, 6) is 1.03. The number of amides is 1. The predicted octanol–water partition coefficient (Wildman–Crippen LogP) is 2.73. The summed E-state index contributed by atoms with van der Waals surface area (Å²) in [7, 11) is 0. The van der Waals surface area contributed by atoms with E-state index < -0.39 is 0 Å². The molecule has 2 atom stereocenters. The normalized spacial score (nSPS) is 32.3. The number of fused-ring (bicyclic) bond motifs is 2. The fourth-order valence-corrected chi connectivity index (χ4v) is 3.92. The van der Waals surface area contributed by atoms with Gasteiger partial charge in [0.05, 0.1) is 5.02 Å². The molecule has 2 aliphatic rings. The van der Waals surface area contributed by atoms with Gasteiger partial charge in [-0.1, -0.05) is 18.0 Å². The average molecular weight is 318 g/mol. The molecule has 20 heavy (non-hydrogen) atoms. The minimum atomic E-state index is -0.0516. The Balaban J connectivity index is 0.00000147. The summed E-state index contributed by atoms with van der Waals surface area (Å²) in [6, 6.07) is 2.26. The monoisotopic (exact) mass is 317 g/mol. The number of hydrogen-bond acceptors (Lipinski definition) is 2. The van der Waals surface area contributed by atoms with Crippen molar-refractivity contribution in [2.75, 3.05) is 0 Å². The van der Waals surface area contributed by atoms with Gasteiger partial charge in [-0.3, -0.25) is 4.79 Å². The molecule has 2 saturated carbocycles. The Morgan fingerprint density at radius 2 is 2.00 bits per heavy atom. The van der Waals surface area contributed by atoms with E-state index in [4.69, 9.17) is 17.3 Å². The molecule has 0 saturated heterocycles. The fourth-order valence-electron chi connectivity index (χ4n) is 3.75. The van der Waals surface area contributed by atoms with Crippen molar-refractivity contribution < 1.29 is 4.79 Å². The van der Waals surface area contributed by atoms with Gasteiger partial charge in [-0.05, 0) is 43.6 Å². The van der Waals surface area contributed by atoms with E-state index in [-0.39, 0.29) is 24.4 Å². The molecular weight excluding hydrogens is 297 g/mol. The van der Waals surface area contributed by atoms with Crippen LogP contribution in [0, 0.1) is 11.8 Å². The van der Waals surface area contributed by atoms with E-state index in [9.17, 15) is 4.79 Å². The molecule has 2 aliphatic carbocycles. The van der Waals surface area contributed by atoms with Gasteiger partial charge in [-0.2, -0.15) is 0 Å². The van der Waals surface area contributed by atoms with Crippen LogP contribution < -0.4 is 11.1 Å². The molecule has 112 valence electrons. The number of halogens is 2. The van der Waals surface area contributed by atoms with E-state index in [1.807, 2.05) is 0 Å². The standard InChI is InChI=1S/C14H20ClN3O.ClH/c15-10-6-12(17-7-10)14(19)18-13-8-2-1-3-9(13)5-11(16)4-8;/h6-9,11,13,17H,1-5,16H2,(H,18,19);1H. The van der Waals surface area contributed by atoms with Gasteiger partial charge in [0.15, 0.2) is 0 Å². The van der Waals surface area contributed by atoms with Gasteiger partial charge in [-0.25, -0.2) is 0 Å². The molecule has 0 aromatic carbocycles. The topological polar surface area (TPSA) is 70.9 Å². The SMILES string of the molecule is Cl.NC1CC2CCCC(C1)C2NC(=O)c1cc(Cl)c[nH]1. The van der Waals surface area contributed by atoms with Crippen molar-refractivity contribution in [3.05, 3.63) is 23.0 Å². The van der Waals surface area contributed by atoms with Crippen molar-refractivity contribution in [3.63, 3.8) is 0 Å². The molecule has 1 heterocycles. The second-order valence-electron chi connectivity index (χ2n) is 5.91. The Labute approximate surface area is 130 Å². The summed E-state index contributed by atoms with van der Waals surface area (Å²) in [5.41, 5.74) is 6.64. The van der Waals surface area contributed by atoms with Crippen molar-refractivity contribution in [1.29, 1.82) is 0 Å². The van der Waals surface area contributed by atoms with E-state index >= 15 is 0 Å². The van der Waals surface area contributed by atoms with Crippen molar-refractivity contribution in [1.82, 2.24) is 10.3 Å². The molecule has 3 rings (SSSR count). The summed E-state index contributed by atoms with van der Waals surface area (Å²) in [4.78, 5) is 15.1. The highest BCUT2D eigenvalue weighted by Gasteiger charge is 2.40. The molecule has 0 radical (unpaired) electrons. The van der Waals surface area contributed by atoms with Crippen LogP contribution in [0.5, 0.6) is 0 Å². The molecule has 1 aromatic heterocycles. The predicted molar refractivity (Wildman–Crippen MR) is 82.3 cm³/mol. The number of H-pyrrole nitrogens is 1. The van der Waals surface area contributed by atoms with Crippen molar-refractivity contribution in [2.45, 2.75) is 44.2 Å². The quantitative estimate of drug-likeness (QED) is 0.784. The van der Waals surface area contributed by atoms with E-state index in [1.165, 1.54) is 19.3 Å². The zero-order valence-corrected chi connectivity index (χ0v) is 12.8. The van der Waals surface area contributed by atoms with Crippen LogP contribution in [0.4, 0.5) is 0 Å². The molecule has 2 bridgehead atoms. The summed E-state index contributed by atoms with van der Waals surface area (Å²) >= 11 is 5.83. The number of nitrogens with one attached hydrogen (secondary N) is 2. The Morgan fingerprint density at radius 1 is 1.35 bits per heavy atom. The number of hydrogen-bond donors (Lipinski definition) is 3. The molecule has 1 amide bonds. The first-order chi connectivity index (χ1) is 9.13. The van der Waals surface area contributed by atoms with Crippen LogP contribution in [0.3, 0.4) is 0 Å². The lowest BCUT2D eigenvalue weighted by Crippen LogP contribution is -2.53. The van der Waals surface area contributed by atoms with E-state index in [1.54, 1.807) is 12.3 Å². The number of nitrogens with two attached hydrogens (primary N) is 1. The lowest BCUT2D eigenvalue weighted by Gasteiger charge is -2.45. The Hall–Kier alpha value is -0.710. The van der Waals surface area contributed by atoms with Crippen LogP contribution in [0.1, 0.15) is 42.6 Å². The van der Waals surface area contributed by atoms with Crippen molar-refractivity contribution in [3.8, 4) is 0 Å². The molecule has 2 unspecified atom stereocenters. The van der Waals surface area contributed by atoms with Gasteiger partial charge in [0.1, 0.15) is 5.69 Å². The van der Waals surface area contributed by atoms with Crippen molar-refractivity contribution >= 4 is 29.9 Å². The highest BCUT2D eigenvalue weighted by atomic mass is 35.5. The van der Waals surface area contributed by atoms with Gasteiger partial charge in [-0.15, -0.1) is 12.4 Å². The van der Waals surface area contributed by atoms with Gasteiger partial charge in [0.25, 0.3) is 5.91 Å². The number of aromatic amines is 1. The van der Waals surface area contributed by atoms with Crippen LogP contribution >= 0.6 is 24.0 Å². The summed E-state index contributed by atoms with van der Waals surface area (Å²) in [5, 5.41) is 3.75. The lowest BCUT2D eigenvalue weighted by molar-refractivity contribution is 0.0752. The van der Waals surface area contributed by atoms with Crippen LogP contribution in [0.2, 0.25) is 5.02 Å². The highest BCUT2D eigenvalue weighted by Crippen LogP contribution is 2.39. The molecule has 0 spiro atoms. The van der Waals surface area contributed by atoms with E-state index in [0.29, 0.717) is 28.6 Å². The first kappa shape index (κ1) is 15.7. The minimum absolute atomic E-state index is 0. The van der Waals surface area contributed by atoms with Gasteiger partial charge in [0, 0.05) is 18.3 Å². The second-order valence-corrected chi connectivity index (χ2v) is 6.35. The summed E-state index contributed by atoms with van der Waals surface area (Å²) in [6.45, 7) is 0. The maximum atomic E-state index is 12.2. The Bertz CT molecular complexity index is 463. The first-order valence-corrected chi connectivity index (χ1v) is 7.41. The van der Waals surface area contributed by atoms with Crippen LogP contribution in [0.15, 0.2) is 12.3 Å². The van der Waals surface area contributed by atoms with Crippen molar-refractivity contribution in [2.24, 2.45) is 17.6 Å². The zero-order valence-electron chi connectivity index (χ0n) is 11.3. The number of carbonyl (C=O) groups is 1. The van der Waals surface area contributed by atoms with Crippen LogP contribution in [-0.2, 0) is 0 Å². The number of carbonyl (C=O) groups excluding carboxylic acids is 1. The van der Waals surface area contributed by atoms with Gasteiger partial charge in [0.2, 0.25) is 0 Å². The number of rotatable bonds is 2. The second kappa shape index (κ2) is 6.37. The average Bonchev–Trinajstić information content (AvgIpc) is 2.77. The largest absolute Gasteiger partial charge is 0.356 e. The summed E-state index contributed by atoms with van der Waals surface area (Å²) < 4.78 is 0. The Kier molecular flexibility index (Phi) is 4.99. The number of aromatic nitrogens is 1. The smallest absolute Gasteiger partial charge is 0.267 e. The molecule has 2 fully saturated rings. The maximum Gasteiger partial charge on any atom is 0.267 e. The third kappa shape index (κ3) is 3.13. The maximum absolute atomic E-state index is 12.2. The van der Waals surface area contributed by atoms with Crippen LogP contribution in [-0.4, -0.2) is 23.0 Å². The van der Waals surface area contributed by atoms with E-state index in [0.717, 1.165) is 12.8 Å². The third-order valence-electron chi connectivity index (χ3n) is 4.57. The van der Waals surface area contributed by atoms with Crippen LogP contribution in [0.25, 0.3) is 0 Å². The zero-order chi connectivity index (χ0) is 13.4. The molecule has 1 aromatic rings. The molecular formula is C14H21Cl2N3O. The Morgan fingerprint density at radius 3 is 2.55 bits per heavy atom. The molecule has 0 aliphatic heterocycles. The molecule has 4 N–H and O–H groups in total. The summed E-state index contributed by atoms with van der Waals surface area (Å²) in [6.07, 6.45) is 7.33. The van der Waals surface area contributed by atoms with Gasteiger partial charge >= 0.3 is 0 Å². The van der Waals surface area contributed by atoms with Gasteiger partial charge < -0.3 is 16.0 Å². The first-order valence-electron chi connectivity index (χ1n) is 7.04. The lowest BCUT2D eigenvalue weighted by atomic mass is 9.67.